The maximum absolute atomic E-state index is 13.3. The molecule has 0 bridgehead atoms. The molecule has 1 aliphatic carbocycles. The molecular formula is C30H32N2O5. The van der Waals surface area contributed by atoms with Crippen molar-refractivity contribution in [2.24, 2.45) is 0 Å². The quantitative estimate of drug-likeness (QED) is 0.416. The van der Waals surface area contributed by atoms with Crippen LogP contribution in [0.15, 0.2) is 72.8 Å². The van der Waals surface area contributed by atoms with Gasteiger partial charge in [0, 0.05) is 12.1 Å². The molecule has 192 valence electrons. The smallest absolute Gasteiger partial charge is 0.412 e. The molecular weight excluding hydrogens is 468 g/mol. The highest BCUT2D eigenvalue weighted by Gasteiger charge is 2.29. The van der Waals surface area contributed by atoms with Crippen molar-refractivity contribution in [3.8, 4) is 11.1 Å². The molecule has 2 amide bonds. The highest BCUT2D eigenvalue weighted by molar-refractivity contribution is 5.94. The number of hydrogen-bond acceptors (Lipinski definition) is 5. The molecule has 1 atom stereocenters. The van der Waals surface area contributed by atoms with Crippen molar-refractivity contribution in [3.63, 3.8) is 0 Å². The molecule has 3 aromatic carbocycles. The van der Waals surface area contributed by atoms with Crippen LogP contribution in [0.3, 0.4) is 0 Å². The minimum atomic E-state index is -0.700. The second kappa shape index (κ2) is 11.3. The van der Waals surface area contributed by atoms with Crippen LogP contribution in [0.2, 0.25) is 0 Å². The van der Waals surface area contributed by atoms with Gasteiger partial charge in [0.15, 0.2) is 5.78 Å². The molecule has 2 N–H and O–H groups in total. The number of carbonyl (C=O) groups excluding carboxylic acids is 3. The van der Waals surface area contributed by atoms with Crippen LogP contribution in [0.4, 0.5) is 15.3 Å². The normalized spacial score (nSPS) is 15.2. The minimum Gasteiger partial charge on any atom is -0.445 e. The van der Waals surface area contributed by atoms with Crippen LogP contribution in [0.1, 0.15) is 43.9 Å². The van der Waals surface area contributed by atoms with Gasteiger partial charge in [-0.25, -0.2) is 9.59 Å². The largest absolute Gasteiger partial charge is 0.445 e. The lowest BCUT2D eigenvalue weighted by molar-refractivity contribution is -0.120. The van der Waals surface area contributed by atoms with Crippen molar-refractivity contribution in [1.29, 1.82) is 0 Å². The highest BCUT2D eigenvalue weighted by Crippen LogP contribution is 2.35. The standard InChI is InChI=1S/C30H32N2O5/c1-30(2,3)37-29(35)31-25-16-14-22(21-12-8-5-9-13-21)24-18-27(33)26(17-15-23(24)25)32-28(34)36-19-20-10-6-4-7-11-20/h4-14,16,26H,15,17-19H2,1-3H3,(H,31,35)(H,32,34). The lowest BCUT2D eigenvalue weighted by Crippen LogP contribution is -2.41. The van der Waals surface area contributed by atoms with E-state index >= 15 is 0 Å². The van der Waals surface area contributed by atoms with Gasteiger partial charge in [-0.1, -0.05) is 66.7 Å². The van der Waals surface area contributed by atoms with Crippen LogP contribution in [0.5, 0.6) is 0 Å². The topological polar surface area (TPSA) is 93.7 Å². The number of ether oxygens (including phenoxy) is 2. The number of Topliss-reactive ketones (excluding diaryl/α,β-unsaturated/α-hetero) is 1. The molecule has 0 spiro atoms. The molecule has 4 rings (SSSR count). The summed E-state index contributed by atoms with van der Waals surface area (Å²) >= 11 is 0. The summed E-state index contributed by atoms with van der Waals surface area (Å²) in [6.07, 6.45) is -0.211. The Labute approximate surface area is 217 Å². The fourth-order valence-electron chi connectivity index (χ4n) is 4.41. The second-order valence-electron chi connectivity index (χ2n) is 10.1. The Hall–Kier alpha value is -4.13. The number of nitrogens with one attached hydrogen (secondary N) is 2. The van der Waals surface area contributed by atoms with E-state index in [-0.39, 0.29) is 18.8 Å². The molecule has 7 nitrogen and oxygen atoms in total. The van der Waals surface area contributed by atoms with E-state index in [0.717, 1.165) is 27.8 Å². The van der Waals surface area contributed by atoms with Gasteiger partial charge in [0.25, 0.3) is 0 Å². The number of benzene rings is 3. The van der Waals surface area contributed by atoms with Gasteiger partial charge in [0.05, 0.1) is 6.04 Å². The van der Waals surface area contributed by atoms with E-state index < -0.39 is 23.8 Å². The molecule has 0 radical (unpaired) electrons. The van der Waals surface area contributed by atoms with Gasteiger partial charge in [0.2, 0.25) is 0 Å². The molecule has 0 aliphatic heterocycles. The predicted octanol–water partition coefficient (Wildman–Crippen LogP) is 6.05. The lowest BCUT2D eigenvalue weighted by Gasteiger charge is -2.22. The number of anilines is 1. The molecule has 1 aliphatic rings. The molecule has 7 heteroatoms. The van der Waals surface area contributed by atoms with Crippen LogP contribution < -0.4 is 10.6 Å². The zero-order valence-electron chi connectivity index (χ0n) is 21.4. The van der Waals surface area contributed by atoms with Crippen LogP contribution >= 0.6 is 0 Å². The third-order valence-electron chi connectivity index (χ3n) is 6.08. The number of amides is 2. The summed E-state index contributed by atoms with van der Waals surface area (Å²) in [6, 6.07) is 22.2. The monoisotopic (exact) mass is 500 g/mol. The number of hydrogen-bond donors (Lipinski definition) is 2. The van der Waals surface area contributed by atoms with Crippen molar-refractivity contribution in [3.05, 3.63) is 89.5 Å². The van der Waals surface area contributed by atoms with E-state index in [0.29, 0.717) is 18.5 Å². The summed E-state index contributed by atoms with van der Waals surface area (Å²) in [4.78, 5) is 38.3. The summed E-state index contributed by atoms with van der Waals surface area (Å²) in [5, 5.41) is 5.60. The number of rotatable bonds is 5. The van der Waals surface area contributed by atoms with Gasteiger partial charge >= 0.3 is 12.2 Å². The zero-order chi connectivity index (χ0) is 26.4. The third-order valence-corrected chi connectivity index (χ3v) is 6.08. The molecule has 0 saturated carbocycles. The Balaban J connectivity index is 1.56. The Morgan fingerprint density at radius 2 is 1.57 bits per heavy atom. The van der Waals surface area contributed by atoms with Crippen LogP contribution in [-0.4, -0.2) is 29.6 Å². The van der Waals surface area contributed by atoms with Gasteiger partial charge in [-0.15, -0.1) is 0 Å². The van der Waals surface area contributed by atoms with E-state index in [2.05, 4.69) is 10.6 Å². The molecule has 0 heterocycles. The van der Waals surface area contributed by atoms with E-state index in [1.165, 1.54) is 0 Å². The molecule has 0 fully saturated rings. The molecule has 1 unspecified atom stereocenters. The Bertz CT molecular complexity index is 1270. The van der Waals surface area contributed by atoms with Crippen molar-refractivity contribution in [1.82, 2.24) is 5.32 Å². The van der Waals surface area contributed by atoms with Gasteiger partial charge in [-0.3, -0.25) is 10.1 Å². The van der Waals surface area contributed by atoms with E-state index in [9.17, 15) is 14.4 Å². The zero-order valence-corrected chi connectivity index (χ0v) is 21.4. The predicted molar refractivity (Wildman–Crippen MR) is 142 cm³/mol. The number of ketones is 1. The second-order valence-corrected chi connectivity index (χ2v) is 10.1. The van der Waals surface area contributed by atoms with Gasteiger partial charge in [-0.2, -0.15) is 0 Å². The van der Waals surface area contributed by atoms with Crippen molar-refractivity contribution in [2.45, 2.75) is 58.3 Å². The van der Waals surface area contributed by atoms with E-state index in [1.54, 1.807) is 20.8 Å². The van der Waals surface area contributed by atoms with Crippen LogP contribution in [-0.2, 0) is 33.7 Å². The molecule has 0 saturated heterocycles. The van der Waals surface area contributed by atoms with E-state index in [4.69, 9.17) is 9.47 Å². The van der Waals surface area contributed by atoms with Gasteiger partial charge < -0.3 is 14.8 Å². The lowest BCUT2D eigenvalue weighted by atomic mass is 9.91. The maximum atomic E-state index is 13.3. The Morgan fingerprint density at radius 3 is 2.24 bits per heavy atom. The number of alkyl carbamates (subject to hydrolysis) is 1. The average Bonchev–Trinajstić information content (AvgIpc) is 3.02. The fourth-order valence-corrected chi connectivity index (χ4v) is 4.41. The number of fused-ring (bicyclic) bond motifs is 1. The summed E-state index contributed by atoms with van der Waals surface area (Å²) in [6.45, 7) is 5.53. The first-order chi connectivity index (χ1) is 17.7. The molecule has 3 aromatic rings. The average molecular weight is 501 g/mol. The first-order valence-corrected chi connectivity index (χ1v) is 12.4. The first-order valence-electron chi connectivity index (χ1n) is 12.4. The Morgan fingerprint density at radius 1 is 0.892 bits per heavy atom. The maximum Gasteiger partial charge on any atom is 0.412 e. The summed E-state index contributed by atoms with van der Waals surface area (Å²) in [7, 11) is 0. The first kappa shape index (κ1) is 25.9. The van der Waals surface area contributed by atoms with Crippen molar-refractivity contribution >= 4 is 23.7 Å². The summed E-state index contributed by atoms with van der Waals surface area (Å²) in [5.41, 5.74) is 4.42. The van der Waals surface area contributed by atoms with Crippen molar-refractivity contribution < 1.29 is 23.9 Å². The van der Waals surface area contributed by atoms with E-state index in [1.807, 2.05) is 72.8 Å². The molecule has 37 heavy (non-hydrogen) atoms. The number of carbonyl (C=O) groups is 3. The highest BCUT2D eigenvalue weighted by atomic mass is 16.6. The minimum absolute atomic E-state index is 0.109. The van der Waals surface area contributed by atoms with Crippen LogP contribution in [0.25, 0.3) is 11.1 Å². The Kier molecular flexibility index (Phi) is 7.92. The van der Waals surface area contributed by atoms with Crippen molar-refractivity contribution in [2.75, 3.05) is 5.32 Å². The summed E-state index contributed by atoms with van der Waals surface area (Å²) < 4.78 is 10.8. The van der Waals surface area contributed by atoms with Crippen LogP contribution in [0, 0.1) is 0 Å². The third kappa shape index (κ3) is 6.97. The fraction of sp³-hybridized carbons (Fsp3) is 0.300. The molecule has 0 aromatic heterocycles. The van der Waals surface area contributed by atoms with Gasteiger partial charge in [0.1, 0.15) is 12.2 Å². The SMILES string of the molecule is CC(C)(C)OC(=O)Nc1ccc(-c2ccccc2)c2c1CCC(NC(=O)OCc1ccccc1)C(=O)C2. The van der Waals surface area contributed by atoms with Gasteiger partial charge in [-0.05, 0) is 67.5 Å². The summed E-state index contributed by atoms with van der Waals surface area (Å²) in [5.74, 6) is -0.109.